The summed E-state index contributed by atoms with van der Waals surface area (Å²) in [6.45, 7) is 6.84. The molecule has 0 fully saturated rings. The summed E-state index contributed by atoms with van der Waals surface area (Å²) < 4.78 is 3.85. The van der Waals surface area contributed by atoms with Crippen molar-refractivity contribution in [3.63, 3.8) is 0 Å². The van der Waals surface area contributed by atoms with Crippen LogP contribution in [0.2, 0.25) is 0 Å². The number of alkyl halides is 1. The number of carbonyl (C=O) groups is 1. The lowest BCUT2D eigenvalue weighted by Crippen LogP contribution is -2.28. The van der Waals surface area contributed by atoms with Gasteiger partial charge >= 0.3 is 0 Å². The van der Waals surface area contributed by atoms with Crippen molar-refractivity contribution >= 4 is 33.4 Å². The zero-order chi connectivity index (χ0) is 12.8. The van der Waals surface area contributed by atoms with Crippen LogP contribution >= 0.6 is 27.5 Å². The Balaban J connectivity index is 2.55. The maximum Gasteiger partial charge on any atom is 0.264 e. The van der Waals surface area contributed by atoms with E-state index in [2.05, 4.69) is 37.8 Å². The van der Waals surface area contributed by atoms with Crippen molar-refractivity contribution in [2.24, 2.45) is 5.92 Å². The van der Waals surface area contributed by atoms with Crippen LogP contribution in [0.4, 0.5) is 0 Å². The number of aromatic nitrogens is 2. The smallest absolute Gasteiger partial charge is 0.264 e. The number of hydrogen-bond acceptors (Lipinski definition) is 4. The summed E-state index contributed by atoms with van der Waals surface area (Å²) in [5, 5.41) is 7.90. The molecule has 0 aliphatic heterocycles. The molecule has 1 heterocycles. The van der Waals surface area contributed by atoms with E-state index in [9.17, 15) is 4.79 Å². The number of hydrogen-bond donors (Lipinski definition) is 1. The maximum absolute atomic E-state index is 11.9. The van der Waals surface area contributed by atoms with Gasteiger partial charge in [-0.2, -0.15) is 0 Å². The third-order valence-electron chi connectivity index (χ3n) is 2.48. The summed E-state index contributed by atoms with van der Waals surface area (Å²) in [4.78, 5) is 12.6. The van der Waals surface area contributed by atoms with Crippen molar-refractivity contribution in [1.29, 1.82) is 0 Å². The normalized spacial score (nSPS) is 12.8. The lowest BCUT2D eigenvalue weighted by Gasteiger charge is -2.11. The Morgan fingerprint density at radius 2 is 2.18 bits per heavy atom. The molecule has 0 saturated heterocycles. The van der Waals surface area contributed by atoms with Gasteiger partial charge in [-0.3, -0.25) is 4.79 Å². The molecule has 4 nitrogen and oxygen atoms in total. The molecule has 0 bridgehead atoms. The molecule has 1 unspecified atom stereocenters. The SMILES string of the molecule is CC(CCBr)CNC(=O)c1snnc1C(C)C. The van der Waals surface area contributed by atoms with Crippen molar-refractivity contribution in [2.45, 2.75) is 33.1 Å². The molecule has 96 valence electrons. The van der Waals surface area contributed by atoms with E-state index in [1.54, 1.807) is 0 Å². The quantitative estimate of drug-likeness (QED) is 0.820. The second kappa shape index (κ2) is 7.06. The molecule has 1 rings (SSSR count). The summed E-state index contributed by atoms with van der Waals surface area (Å²) >= 11 is 4.56. The third kappa shape index (κ3) is 4.35. The van der Waals surface area contributed by atoms with Crippen molar-refractivity contribution < 1.29 is 4.79 Å². The number of nitrogens with one attached hydrogen (secondary N) is 1. The Labute approximate surface area is 114 Å². The molecule has 0 radical (unpaired) electrons. The zero-order valence-electron chi connectivity index (χ0n) is 10.4. The highest BCUT2D eigenvalue weighted by Crippen LogP contribution is 2.19. The molecule has 0 aliphatic rings. The Bertz CT molecular complexity index is 367. The lowest BCUT2D eigenvalue weighted by atomic mass is 10.1. The number of carbonyl (C=O) groups excluding carboxylic acids is 1. The minimum absolute atomic E-state index is 0.0508. The molecule has 6 heteroatoms. The predicted molar refractivity (Wildman–Crippen MR) is 73.9 cm³/mol. The van der Waals surface area contributed by atoms with Gasteiger partial charge in [-0.1, -0.05) is 41.2 Å². The van der Waals surface area contributed by atoms with Crippen LogP contribution in [0.5, 0.6) is 0 Å². The van der Waals surface area contributed by atoms with E-state index in [4.69, 9.17) is 0 Å². The van der Waals surface area contributed by atoms with Crippen molar-refractivity contribution in [1.82, 2.24) is 14.9 Å². The van der Waals surface area contributed by atoms with Crippen LogP contribution in [-0.4, -0.2) is 27.4 Å². The second-order valence-corrected chi connectivity index (χ2v) is 5.98. The molecule has 17 heavy (non-hydrogen) atoms. The fourth-order valence-electron chi connectivity index (χ4n) is 1.37. The second-order valence-electron chi connectivity index (χ2n) is 4.43. The van der Waals surface area contributed by atoms with Gasteiger partial charge in [0.25, 0.3) is 5.91 Å². The van der Waals surface area contributed by atoms with Crippen LogP contribution in [-0.2, 0) is 0 Å². The van der Waals surface area contributed by atoms with E-state index in [1.807, 2.05) is 13.8 Å². The van der Waals surface area contributed by atoms with Crippen LogP contribution in [0.15, 0.2) is 0 Å². The minimum Gasteiger partial charge on any atom is -0.351 e. The fourth-order valence-corrected chi connectivity index (χ4v) is 2.89. The van der Waals surface area contributed by atoms with Crippen LogP contribution in [0, 0.1) is 5.92 Å². The van der Waals surface area contributed by atoms with Gasteiger partial charge in [0.05, 0.1) is 5.69 Å². The van der Waals surface area contributed by atoms with Gasteiger partial charge in [0, 0.05) is 11.9 Å². The Morgan fingerprint density at radius 3 is 2.76 bits per heavy atom. The first-order chi connectivity index (χ1) is 8.06. The number of amides is 1. The summed E-state index contributed by atoms with van der Waals surface area (Å²) in [5.74, 6) is 0.654. The van der Waals surface area contributed by atoms with Gasteiger partial charge in [0.2, 0.25) is 0 Å². The Hall–Kier alpha value is -0.490. The maximum atomic E-state index is 11.9. The summed E-state index contributed by atoms with van der Waals surface area (Å²) in [5.41, 5.74) is 0.792. The predicted octanol–water partition coefficient (Wildman–Crippen LogP) is 2.81. The number of rotatable bonds is 6. The van der Waals surface area contributed by atoms with Crippen molar-refractivity contribution in [2.75, 3.05) is 11.9 Å². The number of halogens is 1. The standard InChI is InChI=1S/C11H18BrN3OS/c1-7(2)9-10(17-15-14-9)11(16)13-6-8(3)4-5-12/h7-8H,4-6H2,1-3H3,(H,13,16). The summed E-state index contributed by atoms with van der Waals surface area (Å²) in [6.07, 6.45) is 1.05. The molecule has 0 aromatic carbocycles. The highest BCUT2D eigenvalue weighted by Gasteiger charge is 2.18. The summed E-state index contributed by atoms with van der Waals surface area (Å²) in [7, 11) is 0. The molecule has 0 spiro atoms. The Kier molecular flexibility index (Phi) is 6.05. The third-order valence-corrected chi connectivity index (χ3v) is 3.68. The van der Waals surface area contributed by atoms with E-state index in [0.717, 1.165) is 17.4 Å². The monoisotopic (exact) mass is 319 g/mol. The van der Waals surface area contributed by atoms with Crippen LogP contribution < -0.4 is 5.32 Å². The van der Waals surface area contributed by atoms with Gasteiger partial charge in [-0.15, -0.1) is 5.10 Å². The summed E-state index contributed by atoms with van der Waals surface area (Å²) in [6, 6.07) is 0. The minimum atomic E-state index is -0.0508. The molecule has 1 aromatic rings. The molecular weight excluding hydrogens is 302 g/mol. The molecule has 1 atom stereocenters. The van der Waals surface area contributed by atoms with Crippen molar-refractivity contribution in [3.8, 4) is 0 Å². The van der Waals surface area contributed by atoms with E-state index < -0.39 is 0 Å². The first kappa shape index (κ1) is 14.6. The first-order valence-corrected chi connectivity index (χ1v) is 7.62. The average Bonchev–Trinajstić information content (AvgIpc) is 2.75. The van der Waals surface area contributed by atoms with E-state index in [1.165, 1.54) is 11.5 Å². The highest BCUT2D eigenvalue weighted by molar-refractivity contribution is 9.09. The van der Waals surface area contributed by atoms with Crippen LogP contribution in [0.1, 0.15) is 48.5 Å². The van der Waals surface area contributed by atoms with Crippen LogP contribution in [0.25, 0.3) is 0 Å². The molecule has 0 saturated carbocycles. The van der Waals surface area contributed by atoms with Gasteiger partial charge in [0.15, 0.2) is 0 Å². The fraction of sp³-hybridized carbons (Fsp3) is 0.727. The van der Waals surface area contributed by atoms with Gasteiger partial charge in [0.1, 0.15) is 4.88 Å². The topological polar surface area (TPSA) is 54.9 Å². The van der Waals surface area contributed by atoms with E-state index >= 15 is 0 Å². The molecule has 1 aromatic heterocycles. The van der Waals surface area contributed by atoms with Gasteiger partial charge < -0.3 is 5.32 Å². The molecule has 1 N–H and O–H groups in total. The largest absolute Gasteiger partial charge is 0.351 e. The lowest BCUT2D eigenvalue weighted by molar-refractivity contribution is 0.0950. The number of nitrogens with zero attached hydrogens (tertiary/aromatic N) is 2. The molecule has 0 aliphatic carbocycles. The van der Waals surface area contributed by atoms with Crippen LogP contribution in [0.3, 0.4) is 0 Å². The van der Waals surface area contributed by atoms with Gasteiger partial charge in [-0.05, 0) is 29.8 Å². The highest BCUT2D eigenvalue weighted by atomic mass is 79.9. The Morgan fingerprint density at radius 1 is 1.47 bits per heavy atom. The van der Waals surface area contributed by atoms with E-state index in [0.29, 0.717) is 17.3 Å². The average molecular weight is 320 g/mol. The van der Waals surface area contributed by atoms with E-state index in [-0.39, 0.29) is 11.8 Å². The van der Waals surface area contributed by atoms with Crippen molar-refractivity contribution in [3.05, 3.63) is 10.6 Å². The van der Waals surface area contributed by atoms with Gasteiger partial charge in [-0.25, -0.2) is 0 Å². The first-order valence-electron chi connectivity index (χ1n) is 5.72. The molecule has 1 amide bonds. The molecular formula is C11H18BrN3OS. The zero-order valence-corrected chi connectivity index (χ0v) is 12.8.